The average molecular weight is 507 g/mol. The number of carbonyl (C=O) groups is 5. The Morgan fingerprint density at radius 3 is 1.83 bits per heavy atom. The summed E-state index contributed by atoms with van der Waals surface area (Å²) in [6.45, 7) is 5.45. The summed E-state index contributed by atoms with van der Waals surface area (Å²) in [6, 6.07) is 12.3. The number of likely N-dealkylation sites (tertiary alicyclic amines) is 1. The van der Waals surface area contributed by atoms with Crippen LogP contribution in [0.2, 0.25) is 0 Å². The van der Waals surface area contributed by atoms with E-state index in [1.54, 1.807) is 6.26 Å². The van der Waals surface area contributed by atoms with Crippen molar-refractivity contribution in [2.24, 2.45) is 0 Å². The molecule has 1 saturated heterocycles. The van der Waals surface area contributed by atoms with Crippen LogP contribution in [0.25, 0.3) is 0 Å². The number of nitrogens with one attached hydrogen (secondary N) is 2. The SMILES string of the molecule is CC(=O)Nc1ccc(CNCC(c2ccco2)N2CCCC2)cc1.O=C(O)C(=O)O.O=C(O)C(=O)O. The van der Waals surface area contributed by atoms with Gasteiger partial charge in [-0.1, -0.05) is 12.1 Å². The number of nitrogens with zero attached hydrogens (tertiary/aromatic N) is 1. The Morgan fingerprint density at radius 1 is 0.889 bits per heavy atom. The Hall–Kier alpha value is -4.23. The fraction of sp³-hybridized carbons (Fsp3) is 0.348. The third kappa shape index (κ3) is 11.8. The van der Waals surface area contributed by atoms with Gasteiger partial charge in [-0.15, -0.1) is 0 Å². The maximum absolute atomic E-state index is 11.0. The topological polar surface area (TPSA) is 207 Å². The van der Waals surface area contributed by atoms with Gasteiger partial charge in [0.25, 0.3) is 0 Å². The summed E-state index contributed by atoms with van der Waals surface area (Å²) in [6.07, 6.45) is 4.28. The first-order valence-electron chi connectivity index (χ1n) is 10.8. The molecule has 0 bridgehead atoms. The molecule has 36 heavy (non-hydrogen) atoms. The van der Waals surface area contributed by atoms with Crippen LogP contribution in [-0.4, -0.2) is 74.7 Å². The van der Waals surface area contributed by atoms with Gasteiger partial charge in [0.15, 0.2) is 0 Å². The third-order valence-corrected chi connectivity index (χ3v) is 4.76. The Balaban J connectivity index is 0.000000450. The maximum Gasteiger partial charge on any atom is 0.414 e. The van der Waals surface area contributed by atoms with Crippen LogP contribution in [0.5, 0.6) is 0 Å². The van der Waals surface area contributed by atoms with Crippen molar-refractivity contribution in [3.8, 4) is 0 Å². The first-order valence-corrected chi connectivity index (χ1v) is 10.8. The molecule has 13 nitrogen and oxygen atoms in total. The Kier molecular flexibility index (Phi) is 12.9. The maximum atomic E-state index is 11.0. The fourth-order valence-corrected chi connectivity index (χ4v) is 3.21. The van der Waals surface area contributed by atoms with Gasteiger partial charge in [-0.25, -0.2) is 19.2 Å². The number of carbonyl (C=O) groups excluding carboxylic acids is 1. The second-order valence-electron chi connectivity index (χ2n) is 7.50. The van der Waals surface area contributed by atoms with Crippen molar-refractivity contribution in [1.29, 1.82) is 0 Å². The van der Waals surface area contributed by atoms with Crippen LogP contribution in [0.1, 0.15) is 37.1 Å². The molecule has 0 radical (unpaired) electrons. The quantitative estimate of drug-likeness (QED) is 0.295. The smallest absolute Gasteiger partial charge is 0.414 e. The van der Waals surface area contributed by atoms with Crippen molar-refractivity contribution in [3.05, 3.63) is 54.0 Å². The molecule has 3 rings (SSSR count). The van der Waals surface area contributed by atoms with Crippen LogP contribution in [0.3, 0.4) is 0 Å². The van der Waals surface area contributed by atoms with E-state index in [0.717, 1.165) is 37.6 Å². The van der Waals surface area contributed by atoms with E-state index in [1.165, 1.54) is 25.3 Å². The first-order chi connectivity index (χ1) is 17.0. The second-order valence-corrected chi connectivity index (χ2v) is 7.50. The molecule has 1 fully saturated rings. The van der Waals surface area contributed by atoms with Gasteiger partial charge in [0.1, 0.15) is 5.76 Å². The van der Waals surface area contributed by atoms with E-state index in [0.29, 0.717) is 6.04 Å². The number of hydrogen-bond donors (Lipinski definition) is 6. The lowest BCUT2D eigenvalue weighted by Gasteiger charge is -2.26. The van der Waals surface area contributed by atoms with Gasteiger partial charge < -0.3 is 35.5 Å². The minimum atomic E-state index is -1.82. The summed E-state index contributed by atoms with van der Waals surface area (Å²) in [7, 11) is 0. The van der Waals surface area contributed by atoms with E-state index >= 15 is 0 Å². The summed E-state index contributed by atoms with van der Waals surface area (Å²) < 4.78 is 5.64. The standard InChI is InChI=1S/C19H25N3O2.2C2H2O4/c1-15(23)21-17-8-6-16(7-9-17)13-20-14-18(19-5-4-12-24-19)22-10-2-3-11-22;2*3-1(4)2(5)6/h4-9,12,18,20H,2-3,10-11,13-14H2,1H3,(H,21,23);2*(H,3,4)(H,5,6). The highest BCUT2D eigenvalue weighted by Gasteiger charge is 2.25. The molecule has 6 N–H and O–H groups in total. The highest BCUT2D eigenvalue weighted by Crippen LogP contribution is 2.25. The Bertz CT molecular complexity index is 952. The van der Waals surface area contributed by atoms with Gasteiger partial charge in [0.2, 0.25) is 5.91 Å². The highest BCUT2D eigenvalue weighted by molar-refractivity contribution is 6.27. The number of benzene rings is 1. The minimum Gasteiger partial charge on any atom is -0.473 e. The molecule has 0 aliphatic carbocycles. The van der Waals surface area contributed by atoms with Crippen LogP contribution >= 0.6 is 0 Å². The lowest BCUT2D eigenvalue weighted by molar-refractivity contribution is -0.159. The Morgan fingerprint density at radius 2 is 1.42 bits per heavy atom. The fourth-order valence-electron chi connectivity index (χ4n) is 3.21. The number of amides is 1. The molecule has 1 aliphatic heterocycles. The van der Waals surface area contributed by atoms with E-state index in [4.69, 9.17) is 44.0 Å². The predicted octanol–water partition coefficient (Wildman–Crippen LogP) is 1.48. The van der Waals surface area contributed by atoms with Gasteiger partial charge in [0, 0.05) is 25.7 Å². The lowest BCUT2D eigenvalue weighted by atomic mass is 10.1. The van der Waals surface area contributed by atoms with Crippen molar-refractivity contribution in [2.45, 2.75) is 32.4 Å². The number of anilines is 1. The molecule has 1 aromatic carbocycles. The number of carboxylic acid groups (broad SMARTS) is 4. The third-order valence-electron chi connectivity index (χ3n) is 4.76. The number of furan rings is 1. The van der Waals surface area contributed by atoms with Gasteiger partial charge in [-0.2, -0.15) is 0 Å². The van der Waals surface area contributed by atoms with Gasteiger partial charge in [-0.05, 0) is 55.8 Å². The van der Waals surface area contributed by atoms with Crippen molar-refractivity contribution in [3.63, 3.8) is 0 Å². The first kappa shape index (κ1) is 29.8. The van der Waals surface area contributed by atoms with E-state index in [9.17, 15) is 4.79 Å². The van der Waals surface area contributed by atoms with E-state index in [1.807, 2.05) is 30.3 Å². The molecule has 1 atom stereocenters. The van der Waals surface area contributed by atoms with E-state index in [2.05, 4.69) is 21.6 Å². The largest absolute Gasteiger partial charge is 0.473 e. The van der Waals surface area contributed by atoms with Crippen LogP contribution in [0.4, 0.5) is 5.69 Å². The molecule has 196 valence electrons. The normalized spacial score (nSPS) is 13.2. The van der Waals surface area contributed by atoms with Crippen molar-refractivity contribution in [2.75, 3.05) is 25.0 Å². The lowest BCUT2D eigenvalue weighted by Crippen LogP contribution is -2.33. The summed E-state index contributed by atoms with van der Waals surface area (Å²) in [4.78, 5) is 49.9. The molecule has 2 aromatic rings. The highest BCUT2D eigenvalue weighted by atomic mass is 16.4. The Labute approximate surface area is 206 Å². The molecular weight excluding hydrogens is 478 g/mol. The average Bonchev–Trinajstić information content (AvgIpc) is 3.53. The van der Waals surface area contributed by atoms with Crippen molar-refractivity contribution in [1.82, 2.24) is 10.2 Å². The zero-order chi connectivity index (χ0) is 27.1. The van der Waals surface area contributed by atoms with Crippen LogP contribution in [0.15, 0.2) is 47.1 Å². The number of carboxylic acids is 4. The molecule has 0 spiro atoms. The summed E-state index contributed by atoms with van der Waals surface area (Å²) in [5.41, 5.74) is 2.03. The summed E-state index contributed by atoms with van der Waals surface area (Å²) >= 11 is 0. The molecular formula is C23H29N3O10. The predicted molar refractivity (Wildman–Crippen MR) is 125 cm³/mol. The molecule has 0 saturated carbocycles. The number of rotatable bonds is 7. The molecule has 1 aromatic heterocycles. The van der Waals surface area contributed by atoms with Crippen LogP contribution < -0.4 is 10.6 Å². The monoisotopic (exact) mass is 507 g/mol. The molecule has 1 amide bonds. The molecule has 1 aliphatic rings. The number of hydrogen-bond acceptors (Lipinski definition) is 8. The number of aliphatic carboxylic acids is 4. The second kappa shape index (κ2) is 15.6. The summed E-state index contributed by atoms with van der Waals surface area (Å²) in [5, 5.41) is 35.9. The summed E-state index contributed by atoms with van der Waals surface area (Å²) in [5.74, 6) is -6.31. The molecule has 1 unspecified atom stereocenters. The van der Waals surface area contributed by atoms with Crippen molar-refractivity contribution >= 4 is 35.5 Å². The zero-order valence-corrected chi connectivity index (χ0v) is 19.5. The van der Waals surface area contributed by atoms with Gasteiger partial charge >= 0.3 is 23.9 Å². The zero-order valence-electron chi connectivity index (χ0n) is 19.5. The van der Waals surface area contributed by atoms with E-state index < -0.39 is 23.9 Å². The van der Waals surface area contributed by atoms with Crippen molar-refractivity contribution < 1.29 is 48.8 Å². The van der Waals surface area contributed by atoms with Gasteiger partial charge in [0.05, 0.1) is 12.3 Å². The van der Waals surface area contributed by atoms with Crippen LogP contribution in [0, 0.1) is 0 Å². The van der Waals surface area contributed by atoms with Gasteiger partial charge in [-0.3, -0.25) is 9.69 Å². The van der Waals surface area contributed by atoms with E-state index in [-0.39, 0.29) is 5.91 Å². The molecule has 13 heteroatoms. The molecule has 2 heterocycles. The minimum absolute atomic E-state index is 0.0484. The van der Waals surface area contributed by atoms with Crippen LogP contribution in [-0.2, 0) is 30.5 Å².